The molecule has 0 bridgehead atoms. The van der Waals surface area contributed by atoms with E-state index < -0.39 is 0 Å². The van der Waals surface area contributed by atoms with Gasteiger partial charge in [-0.1, -0.05) is 24.8 Å². The van der Waals surface area contributed by atoms with Crippen LogP contribution in [0.15, 0.2) is 36.9 Å². The summed E-state index contributed by atoms with van der Waals surface area (Å²) in [5.74, 6) is 1.75. The summed E-state index contributed by atoms with van der Waals surface area (Å²) in [6.07, 6.45) is 5.44. The standard InChI is InChI=1S/C15H20O2/c1-2-10-17-15-7-5-13(6-8-15)9-11-16-12-14-3-4-14/h2,5-8,14H,1,3-4,9-12H2. The van der Waals surface area contributed by atoms with Gasteiger partial charge in [0.25, 0.3) is 0 Å². The highest BCUT2D eigenvalue weighted by Gasteiger charge is 2.20. The summed E-state index contributed by atoms with van der Waals surface area (Å²) < 4.78 is 11.0. The summed E-state index contributed by atoms with van der Waals surface area (Å²) in [5.41, 5.74) is 1.30. The van der Waals surface area contributed by atoms with Gasteiger partial charge in [-0.15, -0.1) is 0 Å². The lowest BCUT2D eigenvalue weighted by Crippen LogP contribution is -2.01. The molecular formula is C15H20O2. The zero-order valence-electron chi connectivity index (χ0n) is 10.2. The van der Waals surface area contributed by atoms with Crippen LogP contribution in [0.5, 0.6) is 5.75 Å². The van der Waals surface area contributed by atoms with Gasteiger partial charge in [-0.05, 0) is 42.9 Å². The van der Waals surface area contributed by atoms with Crippen LogP contribution in [0.2, 0.25) is 0 Å². The van der Waals surface area contributed by atoms with Crippen molar-refractivity contribution in [1.29, 1.82) is 0 Å². The fourth-order valence-electron chi connectivity index (χ4n) is 1.63. The summed E-state index contributed by atoms with van der Waals surface area (Å²) in [4.78, 5) is 0. The maximum atomic E-state index is 5.61. The highest BCUT2D eigenvalue weighted by atomic mass is 16.5. The van der Waals surface area contributed by atoms with Crippen molar-refractivity contribution >= 4 is 0 Å². The molecule has 1 aromatic carbocycles. The fourth-order valence-corrected chi connectivity index (χ4v) is 1.63. The molecule has 2 nitrogen and oxygen atoms in total. The highest BCUT2D eigenvalue weighted by molar-refractivity contribution is 5.27. The summed E-state index contributed by atoms with van der Waals surface area (Å²) in [7, 11) is 0. The zero-order chi connectivity index (χ0) is 11.9. The van der Waals surface area contributed by atoms with E-state index in [9.17, 15) is 0 Å². The van der Waals surface area contributed by atoms with Crippen molar-refractivity contribution < 1.29 is 9.47 Å². The quantitative estimate of drug-likeness (QED) is 0.506. The molecule has 0 spiro atoms. The van der Waals surface area contributed by atoms with E-state index in [0.717, 1.165) is 31.3 Å². The van der Waals surface area contributed by atoms with Crippen LogP contribution in [0.3, 0.4) is 0 Å². The molecule has 2 rings (SSSR count). The third-order valence-corrected chi connectivity index (χ3v) is 2.88. The number of hydrogen-bond acceptors (Lipinski definition) is 2. The molecule has 1 aromatic rings. The van der Waals surface area contributed by atoms with E-state index >= 15 is 0 Å². The first-order chi connectivity index (χ1) is 8.38. The van der Waals surface area contributed by atoms with Gasteiger partial charge in [0.1, 0.15) is 12.4 Å². The molecular weight excluding hydrogens is 212 g/mol. The van der Waals surface area contributed by atoms with Crippen molar-refractivity contribution in [3.63, 3.8) is 0 Å². The smallest absolute Gasteiger partial charge is 0.119 e. The Morgan fingerprint density at radius 3 is 2.65 bits per heavy atom. The van der Waals surface area contributed by atoms with Crippen molar-refractivity contribution in [3.05, 3.63) is 42.5 Å². The normalized spacial score (nSPS) is 14.6. The van der Waals surface area contributed by atoms with Gasteiger partial charge in [-0.3, -0.25) is 0 Å². The Morgan fingerprint density at radius 1 is 1.24 bits per heavy atom. The Bertz CT molecular complexity index is 338. The van der Waals surface area contributed by atoms with E-state index in [1.54, 1.807) is 6.08 Å². The molecule has 0 atom stereocenters. The molecule has 0 heterocycles. The monoisotopic (exact) mass is 232 g/mol. The Hall–Kier alpha value is -1.28. The highest BCUT2D eigenvalue weighted by Crippen LogP contribution is 2.28. The van der Waals surface area contributed by atoms with Crippen LogP contribution in [0.25, 0.3) is 0 Å². The second kappa shape index (κ2) is 6.45. The van der Waals surface area contributed by atoms with Crippen LogP contribution in [-0.4, -0.2) is 19.8 Å². The molecule has 0 saturated heterocycles. The summed E-state index contributed by atoms with van der Waals surface area (Å²) in [5, 5.41) is 0. The summed E-state index contributed by atoms with van der Waals surface area (Å²) >= 11 is 0. The predicted molar refractivity (Wildman–Crippen MR) is 69.4 cm³/mol. The van der Waals surface area contributed by atoms with Gasteiger partial charge in [0, 0.05) is 6.61 Å². The van der Waals surface area contributed by atoms with Crippen molar-refractivity contribution in [2.75, 3.05) is 19.8 Å². The number of ether oxygens (including phenoxy) is 2. The Morgan fingerprint density at radius 2 is 2.00 bits per heavy atom. The fraction of sp³-hybridized carbons (Fsp3) is 0.467. The van der Waals surface area contributed by atoms with Crippen LogP contribution >= 0.6 is 0 Å². The summed E-state index contributed by atoms with van der Waals surface area (Å²) in [6.45, 7) is 5.95. The summed E-state index contributed by atoms with van der Waals surface area (Å²) in [6, 6.07) is 8.19. The Labute approximate surface area is 103 Å². The Kier molecular flexibility index (Phi) is 4.63. The molecule has 0 aromatic heterocycles. The topological polar surface area (TPSA) is 18.5 Å². The van der Waals surface area contributed by atoms with Crippen LogP contribution < -0.4 is 4.74 Å². The molecule has 17 heavy (non-hydrogen) atoms. The van der Waals surface area contributed by atoms with E-state index in [4.69, 9.17) is 9.47 Å². The molecule has 0 amide bonds. The second-order valence-corrected chi connectivity index (χ2v) is 4.51. The molecule has 0 unspecified atom stereocenters. The lowest BCUT2D eigenvalue weighted by molar-refractivity contribution is 0.127. The molecule has 1 saturated carbocycles. The van der Waals surface area contributed by atoms with Gasteiger partial charge < -0.3 is 9.47 Å². The first kappa shape index (κ1) is 12.2. The lowest BCUT2D eigenvalue weighted by atomic mass is 10.1. The van der Waals surface area contributed by atoms with Gasteiger partial charge in [-0.2, -0.15) is 0 Å². The number of rotatable bonds is 8. The maximum absolute atomic E-state index is 5.61. The maximum Gasteiger partial charge on any atom is 0.119 e. The SMILES string of the molecule is C=CCOc1ccc(CCOCC2CC2)cc1. The van der Waals surface area contributed by atoms with Gasteiger partial charge in [-0.25, -0.2) is 0 Å². The van der Waals surface area contributed by atoms with Gasteiger partial charge >= 0.3 is 0 Å². The van der Waals surface area contributed by atoms with Gasteiger partial charge in [0.2, 0.25) is 0 Å². The first-order valence-corrected chi connectivity index (χ1v) is 6.29. The number of hydrogen-bond donors (Lipinski definition) is 0. The second-order valence-electron chi connectivity index (χ2n) is 4.51. The minimum absolute atomic E-state index is 0.559. The van der Waals surface area contributed by atoms with Gasteiger partial charge in [0.15, 0.2) is 0 Å². The molecule has 0 radical (unpaired) electrons. The van der Waals surface area contributed by atoms with Crippen molar-refractivity contribution in [1.82, 2.24) is 0 Å². The lowest BCUT2D eigenvalue weighted by Gasteiger charge is -2.06. The van der Waals surface area contributed by atoms with E-state index in [2.05, 4.69) is 18.7 Å². The predicted octanol–water partition coefficient (Wildman–Crippen LogP) is 3.22. The molecule has 1 fully saturated rings. The molecule has 0 aliphatic heterocycles. The Balaban J connectivity index is 1.67. The van der Waals surface area contributed by atoms with Crippen LogP contribution in [-0.2, 0) is 11.2 Å². The third-order valence-electron chi connectivity index (χ3n) is 2.88. The van der Waals surface area contributed by atoms with E-state index in [1.807, 2.05) is 12.1 Å². The minimum Gasteiger partial charge on any atom is -0.490 e. The number of benzene rings is 1. The van der Waals surface area contributed by atoms with E-state index in [-0.39, 0.29) is 0 Å². The third kappa shape index (κ3) is 4.61. The van der Waals surface area contributed by atoms with Crippen molar-refractivity contribution in [2.45, 2.75) is 19.3 Å². The van der Waals surface area contributed by atoms with Crippen LogP contribution in [0.1, 0.15) is 18.4 Å². The van der Waals surface area contributed by atoms with Gasteiger partial charge in [0.05, 0.1) is 6.61 Å². The van der Waals surface area contributed by atoms with Crippen molar-refractivity contribution in [3.8, 4) is 5.75 Å². The van der Waals surface area contributed by atoms with E-state index in [0.29, 0.717) is 6.61 Å². The molecule has 1 aliphatic rings. The first-order valence-electron chi connectivity index (χ1n) is 6.29. The molecule has 92 valence electrons. The largest absolute Gasteiger partial charge is 0.490 e. The van der Waals surface area contributed by atoms with Crippen LogP contribution in [0, 0.1) is 5.92 Å². The minimum atomic E-state index is 0.559. The molecule has 0 N–H and O–H groups in total. The van der Waals surface area contributed by atoms with E-state index in [1.165, 1.54) is 18.4 Å². The van der Waals surface area contributed by atoms with Crippen LogP contribution in [0.4, 0.5) is 0 Å². The van der Waals surface area contributed by atoms with Crippen molar-refractivity contribution in [2.24, 2.45) is 5.92 Å². The zero-order valence-corrected chi connectivity index (χ0v) is 10.2. The molecule has 2 heteroatoms. The average molecular weight is 232 g/mol. The average Bonchev–Trinajstić information content (AvgIpc) is 3.18. The molecule has 1 aliphatic carbocycles.